The predicted molar refractivity (Wildman–Crippen MR) is 67.8 cm³/mol. The van der Waals surface area contributed by atoms with Gasteiger partial charge in [-0.3, -0.25) is 0 Å². The molecule has 0 unspecified atom stereocenters. The highest BCUT2D eigenvalue weighted by molar-refractivity contribution is 5.88. The van der Waals surface area contributed by atoms with Gasteiger partial charge < -0.3 is 10.2 Å². The average molecular weight is 236 g/mol. The van der Waals surface area contributed by atoms with Crippen molar-refractivity contribution in [2.24, 2.45) is 0 Å². The smallest absolute Gasteiger partial charge is 0.335 e. The fourth-order valence-corrected chi connectivity index (χ4v) is 1.79. The van der Waals surface area contributed by atoms with Gasteiger partial charge in [0.05, 0.1) is 5.56 Å². The minimum Gasteiger partial charge on any atom is -0.507 e. The van der Waals surface area contributed by atoms with E-state index in [-0.39, 0.29) is 16.7 Å². The van der Waals surface area contributed by atoms with Crippen molar-refractivity contribution in [2.75, 3.05) is 0 Å². The lowest BCUT2D eigenvalue weighted by Crippen LogP contribution is -2.17. The van der Waals surface area contributed by atoms with Crippen molar-refractivity contribution in [1.82, 2.24) is 0 Å². The summed E-state index contributed by atoms with van der Waals surface area (Å²) in [6.07, 6.45) is 1.46. The first kappa shape index (κ1) is 13.6. The Hall–Kier alpha value is -1.51. The second-order valence-corrected chi connectivity index (χ2v) is 4.93. The molecule has 0 atom stereocenters. The van der Waals surface area contributed by atoms with Crippen LogP contribution in [0.5, 0.6) is 5.75 Å². The van der Waals surface area contributed by atoms with Crippen LogP contribution in [-0.4, -0.2) is 16.2 Å². The van der Waals surface area contributed by atoms with Crippen LogP contribution in [0.4, 0.5) is 0 Å². The van der Waals surface area contributed by atoms with Gasteiger partial charge in [-0.15, -0.1) is 0 Å². The third-order valence-corrected chi connectivity index (χ3v) is 3.43. The monoisotopic (exact) mass is 236 g/mol. The van der Waals surface area contributed by atoms with E-state index in [4.69, 9.17) is 5.11 Å². The molecule has 2 N–H and O–H groups in total. The molecule has 0 aliphatic carbocycles. The fraction of sp³-hybridized carbons (Fsp3) is 0.500. The van der Waals surface area contributed by atoms with Crippen LogP contribution in [0.3, 0.4) is 0 Å². The molecule has 0 spiro atoms. The Morgan fingerprint density at radius 3 is 2.29 bits per heavy atom. The van der Waals surface area contributed by atoms with Crippen LogP contribution in [0.25, 0.3) is 0 Å². The van der Waals surface area contributed by atoms with Crippen LogP contribution in [0.2, 0.25) is 0 Å². The van der Waals surface area contributed by atoms with Gasteiger partial charge in [-0.05, 0) is 36.0 Å². The van der Waals surface area contributed by atoms with Crippen LogP contribution in [0.1, 0.15) is 55.6 Å². The summed E-state index contributed by atoms with van der Waals surface area (Å²) in [4.78, 5) is 11.1. The Balaban J connectivity index is 3.48. The number of phenolic OH excluding ortho intramolecular Hbond substituents is 1. The van der Waals surface area contributed by atoms with Gasteiger partial charge in [0.25, 0.3) is 0 Å². The van der Waals surface area contributed by atoms with E-state index in [9.17, 15) is 9.90 Å². The minimum absolute atomic E-state index is 0.223. The Labute approximate surface area is 102 Å². The van der Waals surface area contributed by atoms with E-state index in [0.29, 0.717) is 12.0 Å². The Kier molecular flexibility index (Phi) is 3.81. The lowest BCUT2D eigenvalue weighted by atomic mass is 9.80. The molecule has 3 nitrogen and oxygen atoms in total. The topological polar surface area (TPSA) is 57.5 Å². The number of hydrogen-bond donors (Lipinski definition) is 2. The number of phenols is 1. The van der Waals surface area contributed by atoms with Crippen molar-refractivity contribution < 1.29 is 15.0 Å². The number of aromatic carboxylic acids is 1. The van der Waals surface area contributed by atoms with Crippen molar-refractivity contribution in [3.63, 3.8) is 0 Å². The number of carboxylic acids is 1. The van der Waals surface area contributed by atoms with Gasteiger partial charge in [-0.1, -0.05) is 27.7 Å². The molecule has 0 saturated carbocycles. The molecule has 94 valence electrons. The maximum absolute atomic E-state index is 11.1. The molecule has 1 rings (SSSR count). The molecule has 0 aliphatic heterocycles. The van der Waals surface area contributed by atoms with E-state index in [2.05, 4.69) is 0 Å². The lowest BCUT2D eigenvalue weighted by Gasteiger charge is -2.26. The van der Waals surface area contributed by atoms with Crippen LogP contribution in [0, 0.1) is 0 Å². The van der Waals surface area contributed by atoms with Crippen LogP contribution in [0.15, 0.2) is 12.1 Å². The number of carboxylic acid groups (broad SMARTS) is 1. The highest BCUT2D eigenvalue weighted by Gasteiger charge is 2.25. The third-order valence-electron chi connectivity index (χ3n) is 3.43. The number of benzene rings is 1. The van der Waals surface area contributed by atoms with Crippen molar-refractivity contribution in [2.45, 2.75) is 46.0 Å². The number of aromatic hydroxyl groups is 1. The first-order valence-corrected chi connectivity index (χ1v) is 5.93. The molecular weight excluding hydrogens is 216 g/mol. The highest BCUT2D eigenvalue weighted by Crippen LogP contribution is 2.36. The van der Waals surface area contributed by atoms with E-state index in [1.807, 2.05) is 27.7 Å². The lowest BCUT2D eigenvalue weighted by molar-refractivity contribution is 0.0696. The molecule has 0 bridgehead atoms. The van der Waals surface area contributed by atoms with Gasteiger partial charge in [0.15, 0.2) is 0 Å². The fourth-order valence-electron chi connectivity index (χ4n) is 1.79. The van der Waals surface area contributed by atoms with Crippen molar-refractivity contribution in [1.29, 1.82) is 0 Å². The summed E-state index contributed by atoms with van der Waals surface area (Å²) < 4.78 is 0. The largest absolute Gasteiger partial charge is 0.507 e. The SMILES string of the molecule is CCc1cc(C(=O)O)cc(C(C)(C)CC)c1O. The Morgan fingerprint density at radius 1 is 1.29 bits per heavy atom. The molecule has 0 heterocycles. The maximum atomic E-state index is 11.1. The zero-order valence-corrected chi connectivity index (χ0v) is 10.9. The molecule has 0 aromatic heterocycles. The molecule has 0 saturated heterocycles. The van der Waals surface area contributed by atoms with Gasteiger partial charge in [0.2, 0.25) is 0 Å². The van der Waals surface area contributed by atoms with Gasteiger partial charge in [0, 0.05) is 5.56 Å². The molecule has 0 amide bonds. The quantitative estimate of drug-likeness (QED) is 0.843. The van der Waals surface area contributed by atoms with Gasteiger partial charge >= 0.3 is 5.97 Å². The van der Waals surface area contributed by atoms with Crippen LogP contribution in [-0.2, 0) is 11.8 Å². The third kappa shape index (κ3) is 2.60. The second kappa shape index (κ2) is 4.78. The zero-order chi connectivity index (χ0) is 13.2. The molecule has 3 heteroatoms. The van der Waals surface area contributed by atoms with E-state index in [0.717, 1.165) is 12.0 Å². The predicted octanol–water partition coefficient (Wildman–Crippen LogP) is 3.34. The average Bonchev–Trinajstić information content (AvgIpc) is 2.28. The van der Waals surface area contributed by atoms with E-state index in [1.54, 1.807) is 12.1 Å². The van der Waals surface area contributed by atoms with Crippen molar-refractivity contribution in [3.05, 3.63) is 28.8 Å². The van der Waals surface area contributed by atoms with E-state index < -0.39 is 5.97 Å². The normalized spacial score (nSPS) is 11.5. The van der Waals surface area contributed by atoms with E-state index in [1.165, 1.54) is 0 Å². The van der Waals surface area contributed by atoms with Crippen molar-refractivity contribution in [3.8, 4) is 5.75 Å². The Bertz CT molecular complexity index is 433. The summed E-state index contributed by atoms with van der Waals surface area (Å²) in [6.45, 7) is 7.95. The molecular formula is C14H20O3. The highest BCUT2D eigenvalue weighted by atomic mass is 16.4. The maximum Gasteiger partial charge on any atom is 0.335 e. The molecule has 0 fully saturated rings. The number of hydrogen-bond acceptors (Lipinski definition) is 2. The van der Waals surface area contributed by atoms with Gasteiger partial charge in [0.1, 0.15) is 5.75 Å². The first-order chi connectivity index (χ1) is 7.83. The van der Waals surface area contributed by atoms with E-state index >= 15 is 0 Å². The second-order valence-electron chi connectivity index (χ2n) is 4.93. The summed E-state index contributed by atoms with van der Waals surface area (Å²) in [5, 5.41) is 19.2. The van der Waals surface area contributed by atoms with Gasteiger partial charge in [-0.25, -0.2) is 4.79 Å². The van der Waals surface area contributed by atoms with Crippen molar-refractivity contribution >= 4 is 5.97 Å². The number of aryl methyl sites for hydroxylation is 1. The Morgan fingerprint density at radius 2 is 1.88 bits per heavy atom. The molecule has 17 heavy (non-hydrogen) atoms. The molecule has 1 aromatic carbocycles. The standard InChI is InChI=1S/C14H20O3/c1-5-9-7-10(13(16)17)8-11(12(9)15)14(3,4)6-2/h7-8,15H,5-6H2,1-4H3,(H,16,17). The van der Waals surface area contributed by atoms with Gasteiger partial charge in [-0.2, -0.15) is 0 Å². The number of carbonyl (C=O) groups is 1. The molecule has 0 radical (unpaired) electrons. The minimum atomic E-state index is -0.951. The van der Waals surface area contributed by atoms with Crippen LogP contribution >= 0.6 is 0 Å². The summed E-state index contributed by atoms with van der Waals surface area (Å²) in [5.41, 5.74) is 1.44. The first-order valence-electron chi connectivity index (χ1n) is 5.93. The summed E-state index contributed by atoms with van der Waals surface area (Å²) in [7, 11) is 0. The summed E-state index contributed by atoms with van der Waals surface area (Å²) >= 11 is 0. The zero-order valence-electron chi connectivity index (χ0n) is 10.9. The summed E-state index contributed by atoms with van der Waals surface area (Å²) in [6, 6.07) is 3.13. The van der Waals surface area contributed by atoms with Crippen LogP contribution < -0.4 is 0 Å². The summed E-state index contributed by atoms with van der Waals surface area (Å²) in [5.74, 6) is -0.711. The number of rotatable bonds is 4. The molecule has 1 aromatic rings. The molecule has 0 aliphatic rings.